The molecule has 4 saturated carbocycles. The van der Waals surface area contributed by atoms with Crippen LogP contribution < -0.4 is 5.01 Å². The molecule has 4 unspecified atom stereocenters. The average Bonchev–Trinajstić information content (AvgIpc) is 2.64. The number of hydrogen-bond donors (Lipinski definition) is 2. The predicted octanol–water partition coefficient (Wildman–Crippen LogP) is 3.91. The van der Waals surface area contributed by atoms with Gasteiger partial charge in [0.05, 0.1) is 16.8 Å². The van der Waals surface area contributed by atoms with Gasteiger partial charge in [-0.3, -0.25) is 5.01 Å². The number of benzene rings is 2. The Hall–Kier alpha value is -1.62. The van der Waals surface area contributed by atoms with Crippen molar-refractivity contribution in [3.63, 3.8) is 0 Å². The number of rotatable bonds is 2. The Bertz CT molecular complexity index is 925. The van der Waals surface area contributed by atoms with E-state index in [-0.39, 0.29) is 5.54 Å². The van der Waals surface area contributed by atoms with E-state index in [1.54, 1.807) is 0 Å². The molecule has 4 nitrogen and oxygen atoms in total. The largest absolute Gasteiger partial charge is 0.390 e. The molecular weight excluding hydrogens is 348 g/mol. The van der Waals surface area contributed by atoms with Crippen LogP contribution in [0.1, 0.15) is 46.0 Å². The van der Waals surface area contributed by atoms with E-state index in [9.17, 15) is 10.2 Å². The van der Waals surface area contributed by atoms with Crippen LogP contribution in [0.2, 0.25) is 0 Å². The highest BCUT2D eigenvalue weighted by molar-refractivity contribution is 5.86. The molecule has 4 heteroatoms. The lowest BCUT2D eigenvalue weighted by Crippen LogP contribution is -2.82. The molecule has 0 spiro atoms. The topological polar surface area (TPSA) is 46.9 Å². The van der Waals surface area contributed by atoms with Crippen molar-refractivity contribution in [3.05, 3.63) is 42.5 Å². The van der Waals surface area contributed by atoms with Crippen LogP contribution in [-0.2, 0) is 0 Å². The molecule has 1 heterocycles. The fourth-order valence-corrected chi connectivity index (χ4v) is 7.24. The van der Waals surface area contributed by atoms with Gasteiger partial charge in [-0.25, -0.2) is 0 Å². The monoisotopic (exact) mass is 378 g/mol. The summed E-state index contributed by atoms with van der Waals surface area (Å²) in [5, 5.41) is 29.2. The second-order valence-electron chi connectivity index (χ2n) is 10.4. The van der Waals surface area contributed by atoms with Crippen LogP contribution in [0, 0.1) is 17.8 Å². The average molecular weight is 379 g/mol. The first-order valence-electron chi connectivity index (χ1n) is 10.8. The molecule has 148 valence electrons. The van der Waals surface area contributed by atoms with Gasteiger partial charge in [-0.05, 0) is 86.6 Å². The number of nitrogens with zero attached hydrogens (tertiary/aromatic N) is 2. The van der Waals surface area contributed by atoms with Gasteiger partial charge in [-0.1, -0.05) is 30.3 Å². The van der Waals surface area contributed by atoms with Crippen LogP contribution in [0.25, 0.3) is 10.8 Å². The van der Waals surface area contributed by atoms with Gasteiger partial charge in [0.25, 0.3) is 0 Å². The van der Waals surface area contributed by atoms with E-state index >= 15 is 0 Å². The quantitative estimate of drug-likeness (QED) is 0.832. The number of fused-ring (bicyclic) bond motifs is 1. The number of aliphatic hydroxyl groups is 2. The molecule has 5 aliphatic rings. The summed E-state index contributed by atoms with van der Waals surface area (Å²) in [6.07, 6.45) is 4.74. The highest BCUT2D eigenvalue weighted by Crippen LogP contribution is 2.59. The van der Waals surface area contributed by atoms with E-state index in [0.29, 0.717) is 23.8 Å². The first-order chi connectivity index (χ1) is 13.4. The van der Waals surface area contributed by atoms with E-state index in [2.05, 4.69) is 66.3 Å². The molecule has 2 aromatic rings. The summed E-state index contributed by atoms with van der Waals surface area (Å²) in [4.78, 5) is 0. The van der Waals surface area contributed by atoms with Crippen LogP contribution in [0.4, 0.5) is 5.69 Å². The second kappa shape index (κ2) is 5.50. The SMILES string of the molecule is CC1(C)C(O)N(C2[C@@H]3CC4C[C@H]2CC(O)(C4)C3)N1c1ccc2ccccc2c1. The molecule has 2 aromatic carbocycles. The molecule has 0 amide bonds. The Morgan fingerprint density at radius 2 is 1.61 bits per heavy atom. The molecule has 2 N–H and O–H groups in total. The first-order valence-corrected chi connectivity index (χ1v) is 10.8. The Kier molecular flexibility index (Phi) is 3.39. The number of hydrogen-bond acceptors (Lipinski definition) is 4. The summed E-state index contributed by atoms with van der Waals surface area (Å²) in [5.41, 5.74) is 0.390. The highest BCUT2D eigenvalue weighted by atomic mass is 16.3. The van der Waals surface area contributed by atoms with Gasteiger partial charge in [0, 0.05) is 6.04 Å². The van der Waals surface area contributed by atoms with Gasteiger partial charge >= 0.3 is 0 Å². The molecule has 0 radical (unpaired) electrons. The molecule has 28 heavy (non-hydrogen) atoms. The minimum absolute atomic E-state index is 0.325. The van der Waals surface area contributed by atoms with E-state index in [0.717, 1.165) is 24.9 Å². The van der Waals surface area contributed by atoms with Gasteiger partial charge in [-0.15, -0.1) is 0 Å². The number of aliphatic hydroxyl groups excluding tert-OH is 1. The Balaban J connectivity index is 1.39. The zero-order chi connectivity index (χ0) is 19.3. The van der Waals surface area contributed by atoms with Crippen LogP contribution in [-0.4, -0.2) is 38.6 Å². The Morgan fingerprint density at radius 3 is 2.29 bits per heavy atom. The van der Waals surface area contributed by atoms with E-state index < -0.39 is 11.8 Å². The predicted molar refractivity (Wildman–Crippen MR) is 111 cm³/mol. The summed E-state index contributed by atoms with van der Waals surface area (Å²) < 4.78 is 0. The molecule has 7 rings (SSSR count). The van der Waals surface area contributed by atoms with Gasteiger partial charge in [0.2, 0.25) is 0 Å². The Labute approximate surface area is 166 Å². The lowest BCUT2D eigenvalue weighted by atomic mass is 9.52. The fraction of sp³-hybridized carbons (Fsp3) is 0.583. The van der Waals surface area contributed by atoms with Crippen molar-refractivity contribution >= 4 is 16.5 Å². The molecule has 1 saturated heterocycles. The molecule has 1 aliphatic heterocycles. The molecule has 6 atom stereocenters. The van der Waals surface area contributed by atoms with Crippen LogP contribution in [0.3, 0.4) is 0 Å². The fourth-order valence-electron chi connectivity index (χ4n) is 7.24. The molecule has 4 aliphatic carbocycles. The second-order valence-corrected chi connectivity index (χ2v) is 10.4. The molecule has 5 fully saturated rings. The standard InChI is InChI=1S/C24H30N2O2/c1-23(2)22(27)25(21-18-9-15-10-19(21)14-24(28,12-15)13-18)26(23)20-8-7-16-5-3-4-6-17(16)11-20/h3-8,11,15,18-19,21-22,27-28H,9-10,12-14H2,1-2H3/t15?,18-,19+,21?,22?,24?. The molecule has 0 aromatic heterocycles. The minimum atomic E-state index is -0.476. The zero-order valence-electron chi connectivity index (χ0n) is 16.8. The van der Waals surface area contributed by atoms with Crippen molar-refractivity contribution in [1.29, 1.82) is 0 Å². The third kappa shape index (κ3) is 2.23. The summed E-state index contributed by atoms with van der Waals surface area (Å²) in [7, 11) is 0. The van der Waals surface area contributed by atoms with Gasteiger partial charge < -0.3 is 10.2 Å². The van der Waals surface area contributed by atoms with Gasteiger partial charge in [0.15, 0.2) is 0 Å². The smallest absolute Gasteiger partial charge is 0.148 e. The Morgan fingerprint density at radius 1 is 0.929 bits per heavy atom. The zero-order valence-corrected chi connectivity index (χ0v) is 16.8. The van der Waals surface area contributed by atoms with E-state index in [1.165, 1.54) is 23.6 Å². The summed E-state index contributed by atoms with van der Waals surface area (Å²) in [6, 6.07) is 15.4. The first kappa shape index (κ1) is 17.3. The number of hydrazine groups is 1. The number of anilines is 1. The van der Waals surface area contributed by atoms with Crippen molar-refractivity contribution in [2.45, 2.75) is 69.4 Å². The maximum absolute atomic E-state index is 11.2. The third-order valence-electron chi connectivity index (χ3n) is 8.13. The van der Waals surface area contributed by atoms with Crippen molar-refractivity contribution in [1.82, 2.24) is 5.01 Å². The maximum atomic E-state index is 11.2. The lowest BCUT2D eigenvalue weighted by molar-refractivity contribution is -0.236. The highest BCUT2D eigenvalue weighted by Gasteiger charge is 2.63. The minimum Gasteiger partial charge on any atom is -0.390 e. The maximum Gasteiger partial charge on any atom is 0.148 e. The van der Waals surface area contributed by atoms with Crippen molar-refractivity contribution in [3.8, 4) is 0 Å². The summed E-state index contributed by atoms with van der Waals surface area (Å²) in [5.74, 6) is 1.66. The van der Waals surface area contributed by atoms with Crippen LogP contribution >= 0.6 is 0 Å². The molecule has 4 bridgehead atoms. The van der Waals surface area contributed by atoms with Crippen molar-refractivity contribution < 1.29 is 10.2 Å². The lowest BCUT2D eigenvalue weighted by Gasteiger charge is -2.69. The third-order valence-corrected chi connectivity index (χ3v) is 8.13. The van der Waals surface area contributed by atoms with Crippen LogP contribution in [0.5, 0.6) is 0 Å². The summed E-state index contributed by atoms with van der Waals surface area (Å²) in [6.45, 7) is 4.26. The van der Waals surface area contributed by atoms with Crippen LogP contribution in [0.15, 0.2) is 42.5 Å². The van der Waals surface area contributed by atoms with Gasteiger partial charge in [-0.2, -0.15) is 5.01 Å². The normalized spacial score (nSPS) is 41.4. The summed E-state index contributed by atoms with van der Waals surface area (Å²) >= 11 is 0. The van der Waals surface area contributed by atoms with Crippen molar-refractivity contribution in [2.24, 2.45) is 17.8 Å². The van der Waals surface area contributed by atoms with E-state index in [1.807, 2.05) is 0 Å². The van der Waals surface area contributed by atoms with Crippen molar-refractivity contribution in [2.75, 3.05) is 5.01 Å². The molecular formula is C24H30N2O2. The van der Waals surface area contributed by atoms with E-state index in [4.69, 9.17) is 0 Å². The van der Waals surface area contributed by atoms with Gasteiger partial charge in [0.1, 0.15) is 6.23 Å².